The molecular weight excluding hydrogens is 266 g/mol. The predicted molar refractivity (Wildman–Crippen MR) is 85.9 cm³/mol. The van der Waals surface area contributed by atoms with Crippen molar-refractivity contribution in [1.82, 2.24) is 0 Å². The minimum atomic E-state index is -0.934. The van der Waals surface area contributed by atoms with E-state index in [-0.39, 0.29) is 6.54 Å². The van der Waals surface area contributed by atoms with E-state index in [0.29, 0.717) is 6.42 Å². The third kappa shape index (κ3) is 3.63. The zero-order valence-corrected chi connectivity index (χ0v) is 12.6. The molecule has 0 aromatic heterocycles. The molecule has 0 spiro atoms. The summed E-state index contributed by atoms with van der Waals surface area (Å²) in [6.45, 7) is 2.35. The van der Waals surface area contributed by atoms with Gasteiger partial charge in [0, 0.05) is 17.2 Å². The van der Waals surface area contributed by atoms with Crippen LogP contribution in [0.4, 0.5) is 0 Å². The minimum absolute atomic E-state index is 0.241. The number of benzene rings is 2. The Hall–Kier alpha value is -1.29. The van der Waals surface area contributed by atoms with Gasteiger partial charge in [-0.25, -0.2) is 0 Å². The van der Waals surface area contributed by atoms with Crippen LogP contribution < -0.4 is 5.73 Å². The maximum absolute atomic E-state index is 10.7. The van der Waals surface area contributed by atoms with Gasteiger partial charge >= 0.3 is 0 Å². The molecule has 2 nitrogen and oxygen atoms in total. The lowest BCUT2D eigenvalue weighted by Crippen LogP contribution is -2.35. The SMILES string of the molecule is Cc1ccccc1SCCC(O)(CN)c1ccccc1. The van der Waals surface area contributed by atoms with Crippen molar-refractivity contribution in [2.24, 2.45) is 5.73 Å². The Labute approximate surface area is 125 Å². The van der Waals surface area contributed by atoms with Gasteiger partial charge in [-0.2, -0.15) is 0 Å². The molecule has 1 unspecified atom stereocenters. The van der Waals surface area contributed by atoms with Gasteiger partial charge in [-0.1, -0.05) is 48.5 Å². The van der Waals surface area contributed by atoms with Gasteiger partial charge < -0.3 is 10.8 Å². The molecule has 106 valence electrons. The van der Waals surface area contributed by atoms with Gasteiger partial charge in [0.1, 0.15) is 5.60 Å². The van der Waals surface area contributed by atoms with Crippen LogP contribution in [-0.2, 0) is 5.60 Å². The number of hydrogen-bond donors (Lipinski definition) is 2. The summed E-state index contributed by atoms with van der Waals surface area (Å²) in [5.74, 6) is 0.841. The number of nitrogens with two attached hydrogens (primary N) is 1. The monoisotopic (exact) mass is 287 g/mol. The van der Waals surface area contributed by atoms with Crippen molar-refractivity contribution in [3.63, 3.8) is 0 Å². The zero-order chi connectivity index (χ0) is 14.4. The highest BCUT2D eigenvalue weighted by Gasteiger charge is 2.26. The molecule has 3 heteroatoms. The smallest absolute Gasteiger partial charge is 0.103 e. The molecule has 2 rings (SSSR count). The molecule has 0 radical (unpaired) electrons. The van der Waals surface area contributed by atoms with E-state index < -0.39 is 5.60 Å². The first kappa shape index (κ1) is 15.1. The largest absolute Gasteiger partial charge is 0.384 e. The fourth-order valence-electron chi connectivity index (χ4n) is 2.16. The van der Waals surface area contributed by atoms with Gasteiger partial charge in [0.2, 0.25) is 0 Å². The third-order valence-electron chi connectivity index (χ3n) is 3.52. The second-order valence-corrected chi connectivity index (χ2v) is 6.10. The Morgan fingerprint density at radius 3 is 2.35 bits per heavy atom. The highest BCUT2D eigenvalue weighted by molar-refractivity contribution is 7.99. The Bertz CT molecular complexity index is 544. The second kappa shape index (κ2) is 6.93. The van der Waals surface area contributed by atoms with Crippen LogP contribution in [0.1, 0.15) is 17.5 Å². The molecule has 0 amide bonds. The van der Waals surface area contributed by atoms with E-state index in [1.165, 1.54) is 10.5 Å². The molecule has 0 saturated carbocycles. The fraction of sp³-hybridized carbons (Fsp3) is 0.294. The molecule has 0 fully saturated rings. The molecule has 2 aromatic rings. The first-order chi connectivity index (χ1) is 9.65. The molecule has 0 bridgehead atoms. The van der Waals surface area contributed by atoms with E-state index in [1.807, 2.05) is 42.5 Å². The quantitative estimate of drug-likeness (QED) is 0.801. The summed E-state index contributed by atoms with van der Waals surface area (Å²) in [7, 11) is 0. The molecule has 20 heavy (non-hydrogen) atoms. The molecule has 0 saturated heterocycles. The van der Waals surface area contributed by atoms with Crippen LogP contribution >= 0.6 is 11.8 Å². The maximum Gasteiger partial charge on any atom is 0.103 e. The van der Waals surface area contributed by atoms with Crippen LogP contribution in [0.5, 0.6) is 0 Å². The van der Waals surface area contributed by atoms with Crippen molar-refractivity contribution in [2.45, 2.75) is 23.8 Å². The van der Waals surface area contributed by atoms with Crippen LogP contribution in [0.25, 0.3) is 0 Å². The third-order valence-corrected chi connectivity index (χ3v) is 4.69. The van der Waals surface area contributed by atoms with Crippen LogP contribution in [0, 0.1) is 6.92 Å². The number of aliphatic hydroxyl groups is 1. The highest BCUT2D eigenvalue weighted by atomic mass is 32.2. The standard InChI is InChI=1S/C17H21NOS/c1-14-7-5-6-10-16(14)20-12-11-17(19,13-18)15-8-3-2-4-9-15/h2-10,19H,11-13,18H2,1H3. The van der Waals surface area contributed by atoms with Crippen LogP contribution in [-0.4, -0.2) is 17.4 Å². The van der Waals surface area contributed by atoms with E-state index in [0.717, 1.165) is 11.3 Å². The minimum Gasteiger partial charge on any atom is -0.384 e. The van der Waals surface area contributed by atoms with Crippen molar-refractivity contribution in [3.05, 3.63) is 65.7 Å². The molecule has 0 aliphatic carbocycles. The number of aryl methyl sites for hydroxylation is 1. The Kier molecular flexibility index (Phi) is 5.24. The van der Waals surface area contributed by atoms with Crippen molar-refractivity contribution in [1.29, 1.82) is 0 Å². The molecule has 2 aromatic carbocycles. The van der Waals surface area contributed by atoms with Gasteiger partial charge in [-0.05, 0) is 30.5 Å². The van der Waals surface area contributed by atoms with Gasteiger partial charge in [-0.15, -0.1) is 11.8 Å². The van der Waals surface area contributed by atoms with Crippen LogP contribution in [0.3, 0.4) is 0 Å². The molecular formula is C17H21NOS. The summed E-state index contributed by atoms with van der Waals surface area (Å²) >= 11 is 1.77. The summed E-state index contributed by atoms with van der Waals surface area (Å²) in [5, 5.41) is 10.7. The molecule has 0 aliphatic rings. The summed E-state index contributed by atoms with van der Waals surface area (Å²) in [6.07, 6.45) is 0.645. The molecule has 0 aliphatic heterocycles. The Morgan fingerprint density at radius 2 is 1.70 bits per heavy atom. The van der Waals surface area contributed by atoms with Crippen LogP contribution in [0.15, 0.2) is 59.5 Å². The predicted octanol–water partition coefficient (Wildman–Crippen LogP) is 3.32. The molecule has 3 N–H and O–H groups in total. The summed E-state index contributed by atoms with van der Waals surface area (Å²) in [6, 6.07) is 18.0. The van der Waals surface area contributed by atoms with Gasteiger partial charge in [0.25, 0.3) is 0 Å². The topological polar surface area (TPSA) is 46.2 Å². The van der Waals surface area contributed by atoms with Gasteiger partial charge in [-0.3, -0.25) is 0 Å². The van der Waals surface area contributed by atoms with Crippen molar-refractivity contribution in [2.75, 3.05) is 12.3 Å². The second-order valence-electron chi connectivity index (χ2n) is 4.97. The first-order valence-corrected chi connectivity index (χ1v) is 7.81. The van der Waals surface area contributed by atoms with Crippen LogP contribution in [0.2, 0.25) is 0 Å². The van der Waals surface area contributed by atoms with E-state index in [2.05, 4.69) is 19.1 Å². The Morgan fingerprint density at radius 1 is 1.05 bits per heavy atom. The van der Waals surface area contributed by atoms with Crippen molar-refractivity contribution >= 4 is 11.8 Å². The van der Waals surface area contributed by atoms with Crippen molar-refractivity contribution < 1.29 is 5.11 Å². The average molecular weight is 287 g/mol. The number of thioether (sulfide) groups is 1. The summed E-state index contributed by atoms with van der Waals surface area (Å²) in [4.78, 5) is 1.26. The lowest BCUT2D eigenvalue weighted by atomic mass is 9.91. The lowest BCUT2D eigenvalue weighted by molar-refractivity contribution is 0.0431. The van der Waals surface area contributed by atoms with E-state index in [4.69, 9.17) is 5.73 Å². The average Bonchev–Trinajstić information content (AvgIpc) is 2.50. The first-order valence-electron chi connectivity index (χ1n) is 6.82. The Balaban J connectivity index is 2.00. The fourth-order valence-corrected chi connectivity index (χ4v) is 3.29. The number of rotatable bonds is 6. The molecule has 1 atom stereocenters. The van der Waals surface area contributed by atoms with E-state index in [9.17, 15) is 5.11 Å². The van der Waals surface area contributed by atoms with E-state index >= 15 is 0 Å². The van der Waals surface area contributed by atoms with E-state index in [1.54, 1.807) is 11.8 Å². The summed E-state index contributed by atoms with van der Waals surface area (Å²) < 4.78 is 0. The molecule has 0 heterocycles. The maximum atomic E-state index is 10.7. The zero-order valence-electron chi connectivity index (χ0n) is 11.8. The lowest BCUT2D eigenvalue weighted by Gasteiger charge is -2.27. The van der Waals surface area contributed by atoms with Gasteiger partial charge in [0.15, 0.2) is 0 Å². The number of hydrogen-bond acceptors (Lipinski definition) is 3. The van der Waals surface area contributed by atoms with Gasteiger partial charge in [0.05, 0.1) is 0 Å². The van der Waals surface area contributed by atoms with Crippen molar-refractivity contribution in [3.8, 4) is 0 Å². The highest BCUT2D eigenvalue weighted by Crippen LogP contribution is 2.29. The summed E-state index contributed by atoms with van der Waals surface area (Å²) in [5.41, 5.74) is 7.02. The normalized spacial score (nSPS) is 13.9.